The molecule has 2 atom stereocenters. The van der Waals surface area contributed by atoms with E-state index >= 15 is 0 Å². The van der Waals surface area contributed by atoms with Crippen LogP contribution in [0.3, 0.4) is 0 Å². The zero-order valence-corrected chi connectivity index (χ0v) is 12.9. The average molecular weight is 302 g/mol. The molecule has 1 aromatic heterocycles. The largest absolute Gasteiger partial charge is 0.463 e. The van der Waals surface area contributed by atoms with Crippen molar-refractivity contribution in [1.29, 1.82) is 0 Å². The maximum absolute atomic E-state index is 11.3. The van der Waals surface area contributed by atoms with Crippen LogP contribution in [0.2, 0.25) is 0 Å². The fraction of sp³-hybridized carbons (Fsp3) is 0.727. The van der Waals surface area contributed by atoms with Crippen LogP contribution in [0.5, 0.6) is 6.01 Å². The van der Waals surface area contributed by atoms with E-state index in [4.69, 9.17) is 10.6 Å². The number of nitrogen functional groups attached to an aromatic ring is 1. The molecule has 8 nitrogen and oxygen atoms in total. The molecule has 0 saturated carbocycles. The molecule has 0 aliphatic carbocycles. The summed E-state index contributed by atoms with van der Waals surface area (Å²) in [7, 11) is -0.833. The molecule has 0 fully saturated rings. The second kappa shape index (κ2) is 8.64. The second-order valence-corrected chi connectivity index (χ2v) is 6.08. The van der Waals surface area contributed by atoms with Crippen LogP contribution in [0.25, 0.3) is 0 Å². The van der Waals surface area contributed by atoms with E-state index in [2.05, 4.69) is 25.7 Å². The van der Waals surface area contributed by atoms with Gasteiger partial charge in [0.25, 0.3) is 0 Å². The van der Waals surface area contributed by atoms with Gasteiger partial charge in [0, 0.05) is 28.9 Å². The Kier molecular flexibility index (Phi) is 7.16. The lowest BCUT2D eigenvalue weighted by Gasteiger charge is -2.11. The minimum atomic E-state index is -0.833. The summed E-state index contributed by atoms with van der Waals surface area (Å²) in [5.74, 6) is 5.93. The molecule has 0 bridgehead atoms. The molecule has 0 spiro atoms. The monoisotopic (exact) mass is 302 g/mol. The molecule has 0 aliphatic rings. The van der Waals surface area contributed by atoms with Gasteiger partial charge in [0.15, 0.2) is 0 Å². The van der Waals surface area contributed by atoms with Crippen molar-refractivity contribution in [3.63, 3.8) is 0 Å². The molecule has 20 heavy (non-hydrogen) atoms. The smallest absolute Gasteiger partial charge is 0.323 e. The van der Waals surface area contributed by atoms with Crippen LogP contribution in [0.15, 0.2) is 0 Å². The Morgan fingerprint density at radius 2 is 2.05 bits per heavy atom. The van der Waals surface area contributed by atoms with E-state index in [1.54, 1.807) is 6.26 Å². The normalized spacial score (nSPS) is 13.6. The van der Waals surface area contributed by atoms with Crippen molar-refractivity contribution in [3.8, 4) is 6.01 Å². The van der Waals surface area contributed by atoms with Crippen molar-refractivity contribution in [3.05, 3.63) is 0 Å². The zero-order chi connectivity index (χ0) is 15.0. The summed E-state index contributed by atoms with van der Waals surface area (Å²) in [6, 6.07) is 0.226. The summed E-state index contributed by atoms with van der Waals surface area (Å²) in [5, 5.41) is 3.17. The molecule has 4 N–H and O–H groups in total. The number of ether oxygens (including phenoxy) is 1. The van der Waals surface area contributed by atoms with Gasteiger partial charge in [0.1, 0.15) is 0 Å². The molecule has 9 heteroatoms. The molecule has 0 radical (unpaired) electrons. The molecule has 0 saturated heterocycles. The van der Waals surface area contributed by atoms with Gasteiger partial charge in [0.2, 0.25) is 11.9 Å². The molecule has 114 valence electrons. The lowest BCUT2D eigenvalue weighted by atomic mass is 10.3. The lowest BCUT2D eigenvalue weighted by molar-refractivity contribution is 0.292. The molecule has 0 aromatic carbocycles. The van der Waals surface area contributed by atoms with Crippen molar-refractivity contribution in [2.75, 3.05) is 30.1 Å². The van der Waals surface area contributed by atoms with Gasteiger partial charge in [-0.15, -0.1) is 0 Å². The van der Waals surface area contributed by atoms with Crippen LogP contribution in [0.1, 0.15) is 26.7 Å². The van der Waals surface area contributed by atoms with Gasteiger partial charge in [-0.3, -0.25) is 9.63 Å². The summed E-state index contributed by atoms with van der Waals surface area (Å²) in [5.41, 5.74) is 2.37. The Labute approximate surface area is 121 Å². The highest BCUT2D eigenvalue weighted by atomic mass is 32.2. The maximum Gasteiger partial charge on any atom is 0.323 e. The highest BCUT2D eigenvalue weighted by molar-refractivity contribution is 7.84. The average Bonchev–Trinajstić information content (AvgIpc) is 2.44. The van der Waals surface area contributed by atoms with Gasteiger partial charge in [-0.1, -0.05) is 13.8 Å². The van der Waals surface area contributed by atoms with Gasteiger partial charge in [-0.05, 0) is 12.8 Å². The molecule has 0 amide bonds. The number of anilines is 2. The Morgan fingerprint density at radius 1 is 1.35 bits per heavy atom. The number of nitrogens with zero attached hydrogens (tertiary/aromatic N) is 3. The van der Waals surface area contributed by atoms with E-state index in [9.17, 15) is 4.21 Å². The quantitative estimate of drug-likeness (QED) is 0.446. The van der Waals surface area contributed by atoms with Crippen LogP contribution in [-0.2, 0) is 10.8 Å². The minimum Gasteiger partial charge on any atom is -0.463 e. The first kappa shape index (κ1) is 16.6. The fourth-order valence-corrected chi connectivity index (χ4v) is 1.76. The number of hydrazine groups is 1. The number of aromatic nitrogens is 3. The number of rotatable bonds is 9. The first-order valence-corrected chi connectivity index (χ1v) is 8.10. The van der Waals surface area contributed by atoms with Crippen LogP contribution < -0.4 is 21.3 Å². The maximum atomic E-state index is 11.3. The van der Waals surface area contributed by atoms with Crippen LogP contribution in [-0.4, -0.2) is 43.8 Å². The first-order valence-electron chi connectivity index (χ1n) is 6.48. The number of hydrogen-bond donors (Lipinski definition) is 3. The third-order valence-corrected chi connectivity index (χ3v) is 3.95. The Balaban J connectivity index is 2.61. The van der Waals surface area contributed by atoms with Crippen LogP contribution >= 0.6 is 0 Å². The summed E-state index contributed by atoms with van der Waals surface area (Å²) in [6.07, 6.45) is 3.31. The SMILES string of the molecule is CCCOc1nc(NN)nc(NCCC(C)S(C)=O)n1. The lowest BCUT2D eigenvalue weighted by Crippen LogP contribution is -2.18. The Bertz CT molecular complexity index is 445. The van der Waals surface area contributed by atoms with E-state index in [1.165, 1.54) is 0 Å². The van der Waals surface area contributed by atoms with E-state index < -0.39 is 10.8 Å². The van der Waals surface area contributed by atoms with E-state index in [-0.39, 0.29) is 17.2 Å². The molecule has 2 unspecified atom stereocenters. The molecule has 1 heterocycles. The van der Waals surface area contributed by atoms with Crippen LogP contribution in [0, 0.1) is 0 Å². The van der Waals surface area contributed by atoms with Gasteiger partial charge in [-0.25, -0.2) is 5.84 Å². The topological polar surface area (TPSA) is 115 Å². The van der Waals surface area contributed by atoms with E-state index in [0.29, 0.717) is 19.1 Å². The molecule has 0 aliphatic heterocycles. The third kappa shape index (κ3) is 5.66. The van der Waals surface area contributed by atoms with E-state index in [0.717, 1.165) is 12.8 Å². The van der Waals surface area contributed by atoms with Crippen molar-refractivity contribution < 1.29 is 8.95 Å². The van der Waals surface area contributed by atoms with Gasteiger partial charge >= 0.3 is 6.01 Å². The second-order valence-electron chi connectivity index (χ2n) is 4.28. The number of nitrogens with two attached hydrogens (primary N) is 1. The van der Waals surface area contributed by atoms with Crippen LogP contribution in [0.4, 0.5) is 11.9 Å². The van der Waals surface area contributed by atoms with Crippen molar-refractivity contribution >= 4 is 22.7 Å². The minimum absolute atomic E-state index is 0.118. The van der Waals surface area contributed by atoms with Crippen molar-refractivity contribution in [2.45, 2.75) is 31.9 Å². The third-order valence-electron chi connectivity index (χ3n) is 2.58. The first-order chi connectivity index (χ1) is 9.56. The Hall–Kier alpha value is -1.48. The van der Waals surface area contributed by atoms with E-state index in [1.807, 2.05) is 13.8 Å². The van der Waals surface area contributed by atoms with Gasteiger partial charge in [-0.2, -0.15) is 15.0 Å². The highest BCUT2D eigenvalue weighted by Gasteiger charge is 2.09. The van der Waals surface area contributed by atoms with Crippen molar-refractivity contribution in [1.82, 2.24) is 15.0 Å². The highest BCUT2D eigenvalue weighted by Crippen LogP contribution is 2.11. The fourth-order valence-electron chi connectivity index (χ4n) is 1.31. The summed E-state index contributed by atoms with van der Waals surface area (Å²) >= 11 is 0. The summed E-state index contributed by atoms with van der Waals surface area (Å²) in [6.45, 7) is 5.07. The molecular formula is C11H22N6O2S. The summed E-state index contributed by atoms with van der Waals surface area (Å²) in [4.78, 5) is 12.2. The standard InChI is InChI=1S/C11H22N6O2S/c1-4-7-19-11-15-9(14-10(16-11)17-12)13-6-5-8(2)20(3)18/h8H,4-7,12H2,1-3H3,(H2,13,14,15,16,17). The number of nitrogens with one attached hydrogen (secondary N) is 2. The molecule has 1 rings (SSSR count). The summed E-state index contributed by atoms with van der Waals surface area (Å²) < 4.78 is 16.6. The predicted octanol–water partition coefficient (Wildman–Crippen LogP) is 0.515. The molecular weight excluding hydrogens is 280 g/mol. The zero-order valence-electron chi connectivity index (χ0n) is 12.0. The molecule has 1 aromatic rings. The van der Waals surface area contributed by atoms with Gasteiger partial charge < -0.3 is 10.1 Å². The number of hydrogen-bond acceptors (Lipinski definition) is 8. The van der Waals surface area contributed by atoms with Gasteiger partial charge in [0.05, 0.1) is 6.61 Å². The Morgan fingerprint density at radius 3 is 2.65 bits per heavy atom. The predicted molar refractivity (Wildman–Crippen MR) is 80.1 cm³/mol. The van der Waals surface area contributed by atoms with Crippen molar-refractivity contribution in [2.24, 2.45) is 5.84 Å².